The molecule has 0 heterocycles. The number of hydrogen-bond acceptors (Lipinski definition) is 2. The van der Waals surface area contributed by atoms with Crippen molar-refractivity contribution in [1.82, 2.24) is 0 Å². The third kappa shape index (κ3) is 2.11. The second-order valence-electron chi connectivity index (χ2n) is 3.77. The highest BCUT2D eigenvalue weighted by molar-refractivity contribution is 5.67. The quantitative estimate of drug-likeness (QED) is 0.485. The van der Waals surface area contributed by atoms with E-state index in [2.05, 4.69) is 0 Å². The second-order valence-corrected chi connectivity index (χ2v) is 3.77. The molecule has 1 rings (SSSR count). The Balaban J connectivity index is 2.80. The molecule has 0 aliphatic heterocycles. The Morgan fingerprint density at radius 1 is 1.31 bits per heavy atom. The maximum atomic E-state index is 11.0. The summed E-state index contributed by atoms with van der Waals surface area (Å²) in [5, 5.41) is 0. The van der Waals surface area contributed by atoms with Gasteiger partial charge in [0.1, 0.15) is 5.60 Å². The Hall–Kier alpha value is -0.790. The molecule has 1 aliphatic rings. The van der Waals surface area contributed by atoms with Crippen LogP contribution in [0.15, 0.2) is 11.6 Å². The van der Waals surface area contributed by atoms with Crippen molar-refractivity contribution in [3.63, 3.8) is 0 Å². The van der Waals surface area contributed by atoms with Gasteiger partial charge >= 0.3 is 5.97 Å². The summed E-state index contributed by atoms with van der Waals surface area (Å²) in [4.78, 5) is 11.0. The van der Waals surface area contributed by atoms with Gasteiger partial charge in [-0.2, -0.15) is 0 Å². The first-order chi connectivity index (χ1) is 6.10. The Bertz CT molecular complexity index is 222. The fourth-order valence-electron chi connectivity index (χ4n) is 2.06. The lowest BCUT2D eigenvalue weighted by atomic mass is 9.92. The van der Waals surface area contributed by atoms with E-state index in [0.29, 0.717) is 0 Å². The maximum absolute atomic E-state index is 11.0. The molecular weight excluding hydrogens is 164 g/mol. The van der Waals surface area contributed by atoms with Crippen LogP contribution in [0.2, 0.25) is 0 Å². The van der Waals surface area contributed by atoms with Gasteiger partial charge in [-0.05, 0) is 45.1 Å². The molecule has 0 bridgehead atoms. The fraction of sp³-hybridized carbons (Fsp3) is 0.727. The largest absolute Gasteiger partial charge is 0.455 e. The Morgan fingerprint density at radius 2 is 1.85 bits per heavy atom. The van der Waals surface area contributed by atoms with Crippen LogP contribution in [0.25, 0.3) is 0 Å². The number of esters is 1. The van der Waals surface area contributed by atoms with Crippen molar-refractivity contribution in [3.05, 3.63) is 11.6 Å². The minimum absolute atomic E-state index is 0.164. The molecule has 0 amide bonds. The number of carbonyl (C=O) groups excluding carboxylic acids is 1. The summed E-state index contributed by atoms with van der Waals surface area (Å²) in [6, 6.07) is 0. The van der Waals surface area contributed by atoms with Gasteiger partial charge in [-0.15, -0.1) is 0 Å². The summed E-state index contributed by atoms with van der Waals surface area (Å²) in [5.41, 5.74) is 0.931. The molecule has 0 saturated heterocycles. The van der Waals surface area contributed by atoms with Gasteiger partial charge in [-0.25, -0.2) is 0 Å². The highest BCUT2D eigenvalue weighted by Crippen LogP contribution is 2.39. The Morgan fingerprint density at radius 3 is 2.23 bits per heavy atom. The Labute approximate surface area is 80.0 Å². The number of allylic oxidation sites excluding steroid dienone is 1. The van der Waals surface area contributed by atoms with Gasteiger partial charge in [0, 0.05) is 6.92 Å². The van der Waals surface area contributed by atoms with Crippen LogP contribution in [0.3, 0.4) is 0 Å². The smallest absolute Gasteiger partial charge is 0.303 e. The van der Waals surface area contributed by atoms with Gasteiger partial charge in [0.05, 0.1) is 0 Å². The molecule has 2 nitrogen and oxygen atoms in total. The van der Waals surface area contributed by atoms with Gasteiger partial charge in [0.15, 0.2) is 0 Å². The minimum Gasteiger partial charge on any atom is -0.455 e. The average Bonchev–Trinajstić information content (AvgIpc) is 2.51. The van der Waals surface area contributed by atoms with Crippen LogP contribution in [0, 0.1) is 0 Å². The summed E-state index contributed by atoms with van der Waals surface area (Å²) in [6.45, 7) is 5.54. The van der Waals surface area contributed by atoms with Crippen LogP contribution in [-0.2, 0) is 9.53 Å². The minimum atomic E-state index is -0.263. The van der Waals surface area contributed by atoms with Crippen molar-refractivity contribution >= 4 is 5.97 Å². The molecule has 2 heteroatoms. The van der Waals surface area contributed by atoms with Crippen molar-refractivity contribution in [1.29, 1.82) is 0 Å². The van der Waals surface area contributed by atoms with Crippen molar-refractivity contribution in [3.8, 4) is 0 Å². The maximum Gasteiger partial charge on any atom is 0.303 e. The van der Waals surface area contributed by atoms with Crippen LogP contribution < -0.4 is 0 Å². The van der Waals surface area contributed by atoms with Gasteiger partial charge in [-0.3, -0.25) is 4.79 Å². The molecule has 0 unspecified atom stereocenters. The van der Waals surface area contributed by atoms with E-state index in [1.54, 1.807) is 0 Å². The van der Waals surface area contributed by atoms with E-state index in [4.69, 9.17) is 4.74 Å². The molecule has 1 fully saturated rings. The first-order valence-electron chi connectivity index (χ1n) is 4.94. The van der Waals surface area contributed by atoms with Gasteiger partial charge < -0.3 is 4.74 Å². The normalized spacial score (nSPS) is 21.6. The second kappa shape index (κ2) is 3.95. The zero-order valence-electron chi connectivity index (χ0n) is 8.72. The highest BCUT2D eigenvalue weighted by Gasteiger charge is 2.38. The van der Waals surface area contributed by atoms with E-state index in [9.17, 15) is 4.79 Å². The van der Waals surface area contributed by atoms with Crippen LogP contribution in [0.4, 0.5) is 0 Å². The molecule has 0 aromatic carbocycles. The van der Waals surface area contributed by atoms with Crippen LogP contribution in [0.5, 0.6) is 0 Å². The topological polar surface area (TPSA) is 26.3 Å². The molecular formula is C11H18O2. The van der Waals surface area contributed by atoms with Crippen molar-refractivity contribution in [2.75, 3.05) is 0 Å². The first kappa shape index (κ1) is 10.3. The lowest BCUT2D eigenvalue weighted by Crippen LogP contribution is -2.32. The summed E-state index contributed by atoms with van der Waals surface area (Å²) in [7, 11) is 0. The number of rotatable bonds is 2. The monoisotopic (exact) mass is 182 g/mol. The van der Waals surface area contributed by atoms with Crippen molar-refractivity contribution in [2.24, 2.45) is 0 Å². The number of carbonyl (C=O) groups is 1. The predicted molar refractivity (Wildman–Crippen MR) is 52.4 cm³/mol. The first-order valence-corrected chi connectivity index (χ1v) is 4.94. The molecule has 13 heavy (non-hydrogen) atoms. The molecule has 0 atom stereocenters. The summed E-state index contributed by atoms with van der Waals surface area (Å²) in [5.74, 6) is -0.164. The molecule has 0 aromatic heterocycles. The third-order valence-corrected chi connectivity index (χ3v) is 2.90. The SMILES string of the molecule is C/C=C(\C)C1(OC(C)=O)CCCC1. The van der Waals surface area contributed by atoms with Gasteiger partial charge in [0.25, 0.3) is 0 Å². The lowest BCUT2D eigenvalue weighted by Gasteiger charge is -2.29. The molecule has 0 spiro atoms. The summed E-state index contributed by atoms with van der Waals surface area (Å²) >= 11 is 0. The fourth-order valence-corrected chi connectivity index (χ4v) is 2.06. The molecule has 0 radical (unpaired) electrons. The van der Waals surface area contributed by atoms with Crippen LogP contribution in [-0.4, -0.2) is 11.6 Å². The van der Waals surface area contributed by atoms with Crippen LogP contribution >= 0.6 is 0 Å². The molecule has 74 valence electrons. The third-order valence-electron chi connectivity index (χ3n) is 2.90. The summed E-state index contributed by atoms with van der Waals surface area (Å²) < 4.78 is 5.44. The molecule has 0 N–H and O–H groups in total. The standard InChI is InChI=1S/C11H18O2/c1-4-9(2)11(13-10(3)12)7-5-6-8-11/h4H,5-8H2,1-3H3/b9-4+. The average molecular weight is 182 g/mol. The van der Waals surface area contributed by atoms with E-state index in [1.165, 1.54) is 25.3 Å². The lowest BCUT2D eigenvalue weighted by molar-refractivity contribution is -0.152. The van der Waals surface area contributed by atoms with E-state index in [-0.39, 0.29) is 11.6 Å². The van der Waals surface area contributed by atoms with E-state index in [1.807, 2.05) is 19.9 Å². The molecule has 0 aromatic rings. The predicted octanol–water partition coefficient (Wildman–Crippen LogP) is 2.83. The Kier molecular flexibility index (Phi) is 3.12. The zero-order chi connectivity index (χ0) is 9.90. The molecule has 1 aliphatic carbocycles. The van der Waals surface area contributed by atoms with Crippen molar-refractivity contribution in [2.45, 2.75) is 52.1 Å². The highest BCUT2D eigenvalue weighted by atomic mass is 16.6. The van der Waals surface area contributed by atoms with E-state index in [0.717, 1.165) is 12.8 Å². The number of ether oxygens (including phenoxy) is 1. The summed E-state index contributed by atoms with van der Waals surface area (Å²) in [6.07, 6.45) is 6.36. The van der Waals surface area contributed by atoms with Gasteiger partial charge in [-0.1, -0.05) is 6.08 Å². The van der Waals surface area contributed by atoms with Crippen molar-refractivity contribution < 1.29 is 9.53 Å². The van der Waals surface area contributed by atoms with Crippen LogP contribution in [0.1, 0.15) is 46.5 Å². The van der Waals surface area contributed by atoms with E-state index < -0.39 is 0 Å². The zero-order valence-corrected chi connectivity index (χ0v) is 8.72. The molecule has 1 saturated carbocycles. The van der Waals surface area contributed by atoms with Gasteiger partial charge in [0.2, 0.25) is 0 Å². The van der Waals surface area contributed by atoms with E-state index >= 15 is 0 Å². The number of hydrogen-bond donors (Lipinski definition) is 0.